The van der Waals surface area contributed by atoms with E-state index in [9.17, 15) is 13.2 Å². The fraction of sp³-hybridized carbons (Fsp3) is 0.917. The van der Waals surface area contributed by atoms with Crippen LogP contribution in [0.25, 0.3) is 0 Å². The van der Waals surface area contributed by atoms with Gasteiger partial charge in [-0.15, -0.1) is 0 Å². The van der Waals surface area contributed by atoms with Crippen molar-refractivity contribution in [2.45, 2.75) is 58.7 Å². The summed E-state index contributed by atoms with van der Waals surface area (Å²) in [6.07, 6.45) is 0.225. The van der Waals surface area contributed by atoms with Crippen LogP contribution < -0.4 is 10.0 Å². The minimum atomic E-state index is -3.86. The summed E-state index contributed by atoms with van der Waals surface area (Å²) in [6.45, 7) is 8.20. The molecule has 0 radical (unpaired) electrons. The molecule has 2 N–H and O–H groups in total. The highest BCUT2D eigenvalue weighted by Crippen LogP contribution is 2.15. The molecule has 1 aliphatic rings. The van der Waals surface area contributed by atoms with Crippen LogP contribution in [-0.4, -0.2) is 50.1 Å². The second kappa shape index (κ2) is 7.24. The third kappa shape index (κ3) is 4.60. The molecule has 0 aromatic rings. The Kier molecular flexibility index (Phi) is 6.22. The maximum Gasteiger partial charge on any atom is 0.422 e. The first-order valence-electron chi connectivity index (χ1n) is 7.03. The van der Waals surface area contributed by atoms with E-state index in [2.05, 4.69) is 5.32 Å². The Labute approximate surface area is 121 Å². The number of amides is 1. The SMILES string of the molecule is CCC1CN(S(=O)(=O)NC(=O)OC(C)C)C(CC)CN1. The molecule has 2 unspecified atom stereocenters. The van der Waals surface area contributed by atoms with Crippen LogP contribution in [0.3, 0.4) is 0 Å². The predicted octanol–water partition coefficient (Wildman–Crippen LogP) is 0.828. The van der Waals surface area contributed by atoms with Crippen LogP contribution in [0.15, 0.2) is 0 Å². The molecule has 0 aromatic heterocycles. The van der Waals surface area contributed by atoms with Crippen molar-refractivity contribution in [2.24, 2.45) is 0 Å². The number of nitrogens with one attached hydrogen (secondary N) is 2. The molecule has 0 aromatic carbocycles. The molecule has 0 spiro atoms. The number of piperazine rings is 1. The fourth-order valence-corrected chi connectivity index (χ4v) is 3.52. The van der Waals surface area contributed by atoms with Crippen molar-refractivity contribution in [2.75, 3.05) is 13.1 Å². The van der Waals surface area contributed by atoms with E-state index < -0.39 is 16.3 Å². The molecule has 20 heavy (non-hydrogen) atoms. The van der Waals surface area contributed by atoms with Crippen LogP contribution in [0.5, 0.6) is 0 Å². The first kappa shape index (κ1) is 17.2. The topological polar surface area (TPSA) is 87.7 Å². The van der Waals surface area contributed by atoms with Crippen LogP contribution >= 0.6 is 0 Å². The highest BCUT2D eigenvalue weighted by atomic mass is 32.2. The number of hydrogen-bond acceptors (Lipinski definition) is 5. The van der Waals surface area contributed by atoms with Crippen molar-refractivity contribution in [3.8, 4) is 0 Å². The lowest BCUT2D eigenvalue weighted by atomic mass is 10.1. The summed E-state index contributed by atoms with van der Waals surface area (Å²) in [7, 11) is -3.86. The summed E-state index contributed by atoms with van der Waals surface area (Å²) in [5.41, 5.74) is 0. The first-order valence-corrected chi connectivity index (χ1v) is 8.47. The number of carbonyl (C=O) groups is 1. The summed E-state index contributed by atoms with van der Waals surface area (Å²) in [4.78, 5) is 11.5. The number of carbonyl (C=O) groups excluding carboxylic acids is 1. The Hall–Kier alpha value is -0.860. The summed E-state index contributed by atoms with van der Waals surface area (Å²) < 4.78 is 32.8. The molecule has 0 aliphatic carbocycles. The Morgan fingerprint density at radius 1 is 1.40 bits per heavy atom. The van der Waals surface area contributed by atoms with Gasteiger partial charge in [-0.1, -0.05) is 13.8 Å². The number of rotatable bonds is 5. The minimum absolute atomic E-state index is 0.107. The van der Waals surface area contributed by atoms with E-state index in [1.807, 2.05) is 18.6 Å². The number of hydrogen-bond donors (Lipinski definition) is 2. The molecule has 1 saturated heterocycles. The molecular weight excluding hydrogens is 282 g/mol. The monoisotopic (exact) mass is 307 g/mol. The largest absolute Gasteiger partial charge is 0.446 e. The van der Waals surface area contributed by atoms with Crippen molar-refractivity contribution in [1.82, 2.24) is 14.3 Å². The zero-order chi connectivity index (χ0) is 15.3. The van der Waals surface area contributed by atoms with E-state index in [4.69, 9.17) is 4.74 Å². The molecule has 118 valence electrons. The molecule has 0 bridgehead atoms. The van der Waals surface area contributed by atoms with Gasteiger partial charge < -0.3 is 10.1 Å². The lowest BCUT2D eigenvalue weighted by Crippen LogP contribution is -2.60. The molecule has 7 nitrogen and oxygen atoms in total. The van der Waals surface area contributed by atoms with Crippen LogP contribution in [0.4, 0.5) is 4.79 Å². The molecule has 1 rings (SSSR count). The molecule has 2 atom stereocenters. The number of ether oxygens (including phenoxy) is 1. The smallest absolute Gasteiger partial charge is 0.422 e. The minimum Gasteiger partial charge on any atom is -0.446 e. The van der Waals surface area contributed by atoms with Gasteiger partial charge in [0.2, 0.25) is 0 Å². The average molecular weight is 307 g/mol. The molecular formula is C12H25N3O4S. The molecule has 8 heteroatoms. The van der Waals surface area contributed by atoms with Gasteiger partial charge in [0.25, 0.3) is 0 Å². The summed E-state index contributed by atoms with van der Waals surface area (Å²) in [5.74, 6) is 0. The first-order chi connectivity index (χ1) is 9.30. The van der Waals surface area contributed by atoms with Gasteiger partial charge >= 0.3 is 16.3 Å². The van der Waals surface area contributed by atoms with Gasteiger partial charge in [-0.2, -0.15) is 12.7 Å². The van der Waals surface area contributed by atoms with Gasteiger partial charge in [-0.25, -0.2) is 9.52 Å². The van der Waals surface area contributed by atoms with Crippen LogP contribution in [-0.2, 0) is 14.9 Å². The van der Waals surface area contributed by atoms with Gasteiger partial charge in [0.05, 0.1) is 6.10 Å². The van der Waals surface area contributed by atoms with E-state index in [0.717, 1.165) is 6.42 Å². The van der Waals surface area contributed by atoms with Crippen molar-refractivity contribution in [3.63, 3.8) is 0 Å². The zero-order valence-electron chi connectivity index (χ0n) is 12.5. The maximum atomic E-state index is 12.3. The van der Waals surface area contributed by atoms with Crippen LogP contribution in [0.1, 0.15) is 40.5 Å². The molecule has 1 fully saturated rings. The Morgan fingerprint density at radius 2 is 2.05 bits per heavy atom. The van der Waals surface area contributed by atoms with Crippen molar-refractivity contribution >= 4 is 16.3 Å². The van der Waals surface area contributed by atoms with Gasteiger partial charge in [0.15, 0.2) is 0 Å². The Bertz CT molecular complexity index is 424. The fourth-order valence-electron chi connectivity index (χ4n) is 2.15. The van der Waals surface area contributed by atoms with Gasteiger partial charge in [0, 0.05) is 25.2 Å². The van der Waals surface area contributed by atoms with E-state index in [0.29, 0.717) is 19.5 Å². The third-order valence-corrected chi connectivity index (χ3v) is 4.77. The van der Waals surface area contributed by atoms with Crippen molar-refractivity contribution in [3.05, 3.63) is 0 Å². The van der Waals surface area contributed by atoms with E-state index in [1.54, 1.807) is 13.8 Å². The van der Waals surface area contributed by atoms with Gasteiger partial charge in [-0.3, -0.25) is 0 Å². The molecule has 1 amide bonds. The Balaban J connectivity index is 2.79. The second-order valence-electron chi connectivity index (χ2n) is 5.21. The van der Waals surface area contributed by atoms with E-state index in [-0.39, 0.29) is 18.2 Å². The van der Waals surface area contributed by atoms with Crippen LogP contribution in [0, 0.1) is 0 Å². The van der Waals surface area contributed by atoms with Gasteiger partial charge in [0.1, 0.15) is 0 Å². The lowest BCUT2D eigenvalue weighted by molar-refractivity contribution is 0.120. The van der Waals surface area contributed by atoms with E-state index >= 15 is 0 Å². The zero-order valence-corrected chi connectivity index (χ0v) is 13.4. The quantitative estimate of drug-likeness (QED) is 0.785. The maximum absolute atomic E-state index is 12.3. The summed E-state index contributed by atoms with van der Waals surface area (Å²) >= 11 is 0. The molecule has 0 saturated carbocycles. The number of nitrogens with zero attached hydrogens (tertiary/aromatic N) is 1. The molecule has 1 heterocycles. The molecule has 1 aliphatic heterocycles. The summed E-state index contributed by atoms with van der Waals surface area (Å²) in [5, 5.41) is 3.31. The highest BCUT2D eigenvalue weighted by molar-refractivity contribution is 7.87. The lowest BCUT2D eigenvalue weighted by Gasteiger charge is -2.38. The second-order valence-corrected chi connectivity index (χ2v) is 6.83. The Morgan fingerprint density at radius 3 is 2.55 bits per heavy atom. The normalized spacial score (nSPS) is 24.6. The highest BCUT2D eigenvalue weighted by Gasteiger charge is 2.35. The average Bonchev–Trinajstić information content (AvgIpc) is 2.36. The van der Waals surface area contributed by atoms with Crippen LogP contribution in [0.2, 0.25) is 0 Å². The van der Waals surface area contributed by atoms with Crippen molar-refractivity contribution in [1.29, 1.82) is 0 Å². The van der Waals surface area contributed by atoms with E-state index in [1.165, 1.54) is 4.31 Å². The predicted molar refractivity (Wildman–Crippen MR) is 76.5 cm³/mol. The third-order valence-electron chi connectivity index (χ3n) is 3.28. The summed E-state index contributed by atoms with van der Waals surface area (Å²) in [6, 6.07) is -0.0438. The van der Waals surface area contributed by atoms with Crippen molar-refractivity contribution < 1.29 is 17.9 Å². The van der Waals surface area contributed by atoms with Gasteiger partial charge in [-0.05, 0) is 26.7 Å². The standard InChI is InChI=1S/C12H25N3O4S/c1-5-10-8-15(11(6-2)7-13-10)20(17,18)14-12(16)19-9(3)4/h9-11,13H,5-8H2,1-4H3,(H,14,16).